The molecule has 0 spiro atoms. The molecule has 0 aliphatic heterocycles. The zero-order chi connectivity index (χ0) is 19.3. The fourth-order valence-electron chi connectivity index (χ4n) is 3.55. The lowest BCUT2D eigenvalue weighted by molar-refractivity contribution is 0.200. The summed E-state index contributed by atoms with van der Waals surface area (Å²) in [6.07, 6.45) is 11.1. The number of aromatic nitrogens is 4. The first-order valence-electron chi connectivity index (χ1n) is 9.47. The molecule has 2 N–H and O–H groups in total. The first-order chi connectivity index (χ1) is 13.7. The van der Waals surface area contributed by atoms with Gasteiger partial charge in [-0.2, -0.15) is 10.4 Å². The van der Waals surface area contributed by atoms with Crippen LogP contribution >= 0.6 is 0 Å². The number of para-hydroxylation sites is 1. The Labute approximate surface area is 163 Å². The van der Waals surface area contributed by atoms with E-state index in [4.69, 9.17) is 10.5 Å². The van der Waals surface area contributed by atoms with Crippen molar-refractivity contribution in [3.05, 3.63) is 54.7 Å². The molecule has 4 rings (SSSR count). The van der Waals surface area contributed by atoms with Gasteiger partial charge in [-0.3, -0.25) is 0 Å². The van der Waals surface area contributed by atoms with E-state index in [1.165, 1.54) is 6.33 Å². The molecule has 0 atom stereocenters. The Morgan fingerprint density at radius 3 is 2.82 bits per heavy atom. The third kappa shape index (κ3) is 3.87. The van der Waals surface area contributed by atoms with Crippen LogP contribution in [0.1, 0.15) is 31.2 Å². The largest absolute Gasteiger partial charge is 0.489 e. The zero-order valence-corrected chi connectivity index (χ0v) is 15.5. The van der Waals surface area contributed by atoms with E-state index in [1.54, 1.807) is 23.1 Å². The molecule has 1 aromatic carbocycles. The van der Waals surface area contributed by atoms with Crippen molar-refractivity contribution in [2.24, 2.45) is 11.7 Å². The number of nitriles is 1. The molecule has 0 unspecified atom stereocenters. The number of benzene rings is 1. The molecule has 28 heavy (non-hydrogen) atoms. The molecule has 1 aliphatic rings. The summed E-state index contributed by atoms with van der Waals surface area (Å²) in [5.41, 5.74) is 8.79. The van der Waals surface area contributed by atoms with Gasteiger partial charge in [0.15, 0.2) is 5.75 Å². The molecule has 2 aromatic heterocycles. The van der Waals surface area contributed by atoms with Crippen molar-refractivity contribution >= 4 is 0 Å². The van der Waals surface area contributed by atoms with Gasteiger partial charge in [-0.05, 0) is 43.7 Å². The zero-order valence-electron chi connectivity index (χ0n) is 15.5. The Kier molecular flexibility index (Phi) is 5.31. The molecule has 142 valence electrons. The van der Waals surface area contributed by atoms with Gasteiger partial charge in [-0.15, -0.1) is 0 Å². The summed E-state index contributed by atoms with van der Waals surface area (Å²) >= 11 is 0. The first kappa shape index (κ1) is 18.1. The molecule has 0 saturated heterocycles. The average Bonchev–Trinajstić information content (AvgIpc) is 3.23. The van der Waals surface area contributed by atoms with Crippen LogP contribution in [0.3, 0.4) is 0 Å². The van der Waals surface area contributed by atoms with Crippen LogP contribution in [0.2, 0.25) is 0 Å². The third-order valence-electron chi connectivity index (χ3n) is 5.17. The Morgan fingerprint density at radius 2 is 2.00 bits per heavy atom. The topological polar surface area (TPSA) is 103 Å². The second kappa shape index (κ2) is 8.19. The van der Waals surface area contributed by atoms with Gasteiger partial charge in [0, 0.05) is 17.8 Å². The quantitative estimate of drug-likeness (QED) is 0.736. The Bertz CT molecular complexity index is 984. The molecular weight excluding hydrogens is 352 g/mol. The van der Waals surface area contributed by atoms with Crippen molar-refractivity contribution in [1.82, 2.24) is 19.7 Å². The summed E-state index contributed by atoms with van der Waals surface area (Å²) in [5, 5.41) is 13.7. The van der Waals surface area contributed by atoms with Gasteiger partial charge in [0.2, 0.25) is 0 Å². The second-order valence-electron chi connectivity index (χ2n) is 7.13. The normalized spacial score (nSPS) is 19.1. The molecule has 0 bridgehead atoms. The highest BCUT2D eigenvalue weighted by Gasteiger charge is 2.20. The summed E-state index contributed by atoms with van der Waals surface area (Å²) < 4.78 is 7.75. The highest BCUT2D eigenvalue weighted by molar-refractivity contribution is 5.64. The van der Waals surface area contributed by atoms with Crippen molar-refractivity contribution in [3.63, 3.8) is 0 Å². The van der Waals surface area contributed by atoms with E-state index in [1.807, 2.05) is 24.4 Å². The highest BCUT2D eigenvalue weighted by atomic mass is 16.5. The lowest BCUT2D eigenvalue weighted by atomic mass is 9.87. The van der Waals surface area contributed by atoms with Gasteiger partial charge in [-0.25, -0.2) is 14.6 Å². The molecule has 0 radical (unpaired) electrons. The van der Waals surface area contributed by atoms with Crippen molar-refractivity contribution in [1.29, 1.82) is 5.26 Å². The van der Waals surface area contributed by atoms with E-state index in [0.717, 1.165) is 36.9 Å². The number of nitrogens with zero attached hydrogens (tertiary/aromatic N) is 5. The fourth-order valence-corrected chi connectivity index (χ4v) is 3.55. The maximum Gasteiger partial charge on any atom is 0.163 e. The summed E-state index contributed by atoms with van der Waals surface area (Å²) in [6, 6.07) is 9.87. The maximum absolute atomic E-state index is 9.32. The Hall–Kier alpha value is -3.24. The second-order valence-corrected chi connectivity index (χ2v) is 7.13. The van der Waals surface area contributed by atoms with E-state index in [0.29, 0.717) is 35.6 Å². The summed E-state index contributed by atoms with van der Waals surface area (Å²) in [5.74, 6) is 1.16. The number of hydrogen-bond donors (Lipinski definition) is 1. The van der Waals surface area contributed by atoms with Crippen LogP contribution in [0.5, 0.6) is 5.75 Å². The summed E-state index contributed by atoms with van der Waals surface area (Å²) in [7, 11) is 0. The van der Waals surface area contributed by atoms with Crippen molar-refractivity contribution in [2.75, 3.05) is 6.61 Å². The maximum atomic E-state index is 9.32. The molecule has 1 fully saturated rings. The summed E-state index contributed by atoms with van der Waals surface area (Å²) in [4.78, 5) is 8.51. The van der Waals surface area contributed by atoms with Gasteiger partial charge >= 0.3 is 0 Å². The fraction of sp³-hybridized carbons (Fsp3) is 0.333. The van der Waals surface area contributed by atoms with Crippen LogP contribution < -0.4 is 10.5 Å². The minimum atomic E-state index is 0.328. The van der Waals surface area contributed by atoms with Crippen molar-refractivity contribution in [3.8, 4) is 28.8 Å². The SMILES string of the molecule is N#Cc1ccccc1-n1cc(-c2ncncc2OC[C@H]2CC[C@@H](N)CC2)cn1. The van der Waals surface area contributed by atoms with Crippen LogP contribution in [0.25, 0.3) is 16.9 Å². The minimum absolute atomic E-state index is 0.328. The smallest absolute Gasteiger partial charge is 0.163 e. The first-order valence-corrected chi connectivity index (χ1v) is 9.47. The van der Waals surface area contributed by atoms with Crippen molar-refractivity contribution in [2.45, 2.75) is 31.7 Å². The standard InChI is InChI=1S/C21H22N6O/c22-9-16-3-1-2-4-19(16)27-12-17(10-26-27)21-20(11-24-14-25-21)28-13-15-5-7-18(23)8-6-15/h1-4,10-12,14-15,18H,5-8,13,23H2/t15-,18+. The van der Waals surface area contributed by atoms with E-state index in [-0.39, 0.29) is 0 Å². The van der Waals surface area contributed by atoms with Gasteiger partial charge < -0.3 is 10.5 Å². The predicted molar refractivity (Wildman–Crippen MR) is 105 cm³/mol. The van der Waals surface area contributed by atoms with E-state index >= 15 is 0 Å². The summed E-state index contributed by atoms with van der Waals surface area (Å²) in [6.45, 7) is 0.637. The monoisotopic (exact) mass is 374 g/mol. The van der Waals surface area contributed by atoms with E-state index in [2.05, 4.69) is 21.1 Å². The van der Waals surface area contributed by atoms with Gasteiger partial charge in [-0.1, -0.05) is 12.1 Å². The molecular formula is C21H22N6O. The predicted octanol–water partition coefficient (Wildman–Crippen LogP) is 3.10. The Balaban J connectivity index is 1.54. The molecule has 7 nitrogen and oxygen atoms in total. The number of hydrogen-bond acceptors (Lipinski definition) is 6. The lowest BCUT2D eigenvalue weighted by Crippen LogP contribution is -2.28. The van der Waals surface area contributed by atoms with Gasteiger partial charge in [0.1, 0.15) is 18.1 Å². The van der Waals surface area contributed by atoms with E-state index in [9.17, 15) is 5.26 Å². The number of ether oxygens (including phenoxy) is 1. The average molecular weight is 374 g/mol. The van der Waals surface area contributed by atoms with E-state index < -0.39 is 0 Å². The lowest BCUT2D eigenvalue weighted by Gasteiger charge is -2.26. The Morgan fingerprint density at radius 1 is 1.18 bits per heavy atom. The van der Waals surface area contributed by atoms with Gasteiger partial charge in [0.25, 0.3) is 0 Å². The minimum Gasteiger partial charge on any atom is -0.489 e. The van der Waals surface area contributed by atoms with Crippen LogP contribution in [-0.2, 0) is 0 Å². The molecule has 2 heterocycles. The van der Waals surface area contributed by atoms with Gasteiger partial charge in [0.05, 0.1) is 30.3 Å². The van der Waals surface area contributed by atoms with Crippen LogP contribution in [0, 0.1) is 17.2 Å². The third-order valence-corrected chi connectivity index (χ3v) is 5.17. The molecule has 7 heteroatoms. The molecule has 3 aromatic rings. The molecule has 0 amide bonds. The molecule has 1 saturated carbocycles. The van der Waals surface area contributed by atoms with Crippen LogP contribution in [-0.4, -0.2) is 32.4 Å². The number of nitrogens with two attached hydrogens (primary N) is 1. The highest BCUT2D eigenvalue weighted by Crippen LogP contribution is 2.29. The van der Waals surface area contributed by atoms with Crippen molar-refractivity contribution < 1.29 is 4.74 Å². The van der Waals surface area contributed by atoms with Crippen LogP contribution in [0.4, 0.5) is 0 Å². The van der Waals surface area contributed by atoms with Crippen LogP contribution in [0.15, 0.2) is 49.2 Å². The molecule has 1 aliphatic carbocycles. The number of rotatable bonds is 5.